The fourth-order valence-electron chi connectivity index (χ4n) is 4.30. The van der Waals surface area contributed by atoms with Crippen molar-refractivity contribution >= 4 is 10.8 Å². The fourth-order valence-corrected chi connectivity index (χ4v) is 4.30. The van der Waals surface area contributed by atoms with Crippen LogP contribution >= 0.6 is 0 Å². The van der Waals surface area contributed by atoms with Crippen LogP contribution in [0.1, 0.15) is 18.5 Å². The number of aryl methyl sites for hydroxylation is 1. The van der Waals surface area contributed by atoms with Gasteiger partial charge < -0.3 is 19.4 Å². The molecule has 158 valence electrons. The molecule has 1 aliphatic rings. The van der Waals surface area contributed by atoms with Gasteiger partial charge in [0.15, 0.2) is 0 Å². The van der Waals surface area contributed by atoms with Gasteiger partial charge in [0.05, 0.1) is 25.2 Å². The number of fused-ring (bicyclic) bond motifs is 1. The third kappa shape index (κ3) is 3.55. The van der Waals surface area contributed by atoms with Gasteiger partial charge in [-0.15, -0.1) is 0 Å². The van der Waals surface area contributed by atoms with Crippen molar-refractivity contribution in [3.8, 4) is 22.6 Å². The van der Waals surface area contributed by atoms with Gasteiger partial charge in [-0.25, -0.2) is 0 Å². The summed E-state index contributed by atoms with van der Waals surface area (Å²) in [5.41, 5.74) is 2.85. The summed E-state index contributed by atoms with van der Waals surface area (Å²) in [5, 5.41) is 4.85. The van der Waals surface area contributed by atoms with Crippen LogP contribution in [0.4, 0.5) is 0 Å². The number of methoxy groups -OCH3 is 2. The molecule has 1 aliphatic heterocycles. The van der Waals surface area contributed by atoms with Crippen molar-refractivity contribution in [2.75, 3.05) is 40.4 Å². The van der Waals surface area contributed by atoms with Crippen LogP contribution in [0.3, 0.4) is 0 Å². The number of aromatic nitrogens is 2. The Balaban J connectivity index is 1.88. The molecule has 1 atom stereocenters. The lowest BCUT2D eigenvalue weighted by atomic mass is 9.96. The second-order valence-electron chi connectivity index (χ2n) is 7.64. The molecular formula is C23H28N4O3. The zero-order chi connectivity index (χ0) is 21.3. The van der Waals surface area contributed by atoms with Crippen molar-refractivity contribution in [2.45, 2.75) is 13.0 Å². The smallest absolute Gasteiger partial charge is 0.259 e. The molecule has 7 heteroatoms. The van der Waals surface area contributed by atoms with Crippen molar-refractivity contribution in [3.05, 3.63) is 52.7 Å². The molecule has 30 heavy (non-hydrogen) atoms. The van der Waals surface area contributed by atoms with Crippen LogP contribution in [-0.4, -0.2) is 54.8 Å². The van der Waals surface area contributed by atoms with Crippen LogP contribution in [-0.2, 0) is 7.05 Å². The van der Waals surface area contributed by atoms with Gasteiger partial charge in [0, 0.05) is 63.4 Å². The summed E-state index contributed by atoms with van der Waals surface area (Å²) in [6.45, 7) is 6.11. The third-order valence-corrected chi connectivity index (χ3v) is 5.96. The lowest BCUT2D eigenvalue weighted by Gasteiger charge is -2.34. The van der Waals surface area contributed by atoms with E-state index in [1.165, 1.54) is 0 Å². The van der Waals surface area contributed by atoms with E-state index in [4.69, 9.17) is 9.47 Å². The lowest BCUT2D eigenvalue weighted by molar-refractivity contribution is 0.179. The Bertz CT molecular complexity index is 1090. The molecule has 2 aromatic heterocycles. The highest BCUT2D eigenvalue weighted by Crippen LogP contribution is 2.41. The SMILES string of the molecule is COc1cc(-c2cn(C)c(=O)c3cnccc23)cc(OC)c1C(C)N1CCNCC1. The molecule has 0 aliphatic carbocycles. The monoisotopic (exact) mass is 408 g/mol. The summed E-state index contributed by atoms with van der Waals surface area (Å²) in [5.74, 6) is 1.57. The van der Waals surface area contributed by atoms with E-state index in [2.05, 4.69) is 22.1 Å². The molecule has 7 nitrogen and oxygen atoms in total. The number of pyridine rings is 2. The average molecular weight is 409 g/mol. The largest absolute Gasteiger partial charge is 0.496 e. The topological polar surface area (TPSA) is 68.6 Å². The van der Waals surface area contributed by atoms with Gasteiger partial charge >= 0.3 is 0 Å². The molecule has 1 N–H and O–H groups in total. The Morgan fingerprint density at radius 2 is 1.77 bits per heavy atom. The Labute approximate surface area is 176 Å². The number of rotatable bonds is 5. The highest BCUT2D eigenvalue weighted by atomic mass is 16.5. The predicted octanol–water partition coefficient (Wildman–Crippen LogP) is 2.58. The highest BCUT2D eigenvalue weighted by molar-refractivity contribution is 5.95. The number of hydrogen-bond donors (Lipinski definition) is 1. The molecule has 1 unspecified atom stereocenters. The minimum atomic E-state index is -0.0651. The molecule has 0 amide bonds. The minimum Gasteiger partial charge on any atom is -0.496 e. The Hall–Kier alpha value is -2.90. The van der Waals surface area contributed by atoms with Crippen molar-refractivity contribution in [1.82, 2.24) is 19.8 Å². The molecule has 3 aromatic rings. The summed E-state index contributed by atoms with van der Waals surface area (Å²) < 4.78 is 13.2. The van der Waals surface area contributed by atoms with Crippen molar-refractivity contribution < 1.29 is 9.47 Å². The van der Waals surface area contributed by atoms with Crippen molar-refractivity contribution in [3.63, 3.8) is 0 Å². The maximum absolute atomic E-state index is 12.5. The van der Waals surface area contributed by atoms with Gasteiger partial charge in [-0.1, -0.05) is 0 Å². The van der Waals surface area contributed by atoms with E-state index in [0.717, 1.165) is 59.8 Å². The van der Waals surface area contributed by atoms with Gasteiger partial charge in [-0.2, -0.15) is 0 Å². The summed E-state index contributed by atoms with van der Waals surface area (Å²) in [6.07, 6.45) is 5.19. The predicted molar refractivity (Wildman–Crippen MR) is 118 cm³/mol. The first-order valence-corrected chi connectivity index (χ1v) is 10.2. The van der Waals surface area contributed by atoms with E-state index < -0.39 is 0 Å². The number of hydrogen-bond acceptors (Lipinski definition) is 6. The Morgan fingerprint density at radius 3 is 2.40 bits per heavy atom. The van der Waals surface area contributed by atoms with Gasteiger partial charge in [0.25, 0.3) is 5.56 Å². The summed E-state index contributed by atoms with van der Waals surface area (Å²) >= 11 is 0. The third-order valence-electron chi connectivity index (χ3n) is 5.96. The number of piperazine rings is 1. The maximum atomic E-state index is 12.5. The number of ether oxygens (including phenoxy) is 2. The van der Waals surface area contributed by atoms with E-state index >= 15 is 0 Å². The molecular weight excluding hydrogens is 380 g/mol. The van der Waals surface area contributed by atoms with Crippen LogP contribution in [0.2, 0.25) is 0 Å². The summed E-state index contributed by atoms with van der Waals surface area (Å²) in [4.78, 5) is 19.1. The first-order valence-electron chi connectivity index (χ1n) is 10.2. The van der Waals surface area contributed by atoms with Crippen LogP contribution < -0.4 is 20.3 Å². The zero-order valence-corrected chi connectivity index (χ0v) is 17.9. The molecule has 0 saturated carbocycles. The van der Waals surface area contributed by atoms with Gasteiger partial charge in [0.2, 0.25) is 0 Å². The van der Waals surface area contributed by atoms with Gasteiger partial charge in [-0.05, 0) is 36.1 Å². The zero-order valence-electron chi connectivity index (χ0n) is 17.9. The first-order chi connectivity index (χ1) is 14.5. The molecule has 1 fully saturated rings. The average Bonchev–Trinajstić information content (AvgIpc) is 2.80. The molecule has 0 bridgehead atoms. The van der Waals surface area contributed by atoms with E-state index in [0.29, 0.717) is 5.39 Å². The normalized spacial score (nSPS) is 15.9. The highest BCUT2D eigenvalue weighted by Gasteiger charge is 2.25. The van der Waals surface area contributed by atoms with Crippen molar-refractivity contribution in [1.29, 1.82) is 0 Å². The van der Waals surface area contributed by atoms with Crippen molar-refractivity contribution in [2.24, 2.45) is 7.05 Å². The minimum absolute atomic E-state index is 0.0651. The van der Waals surface area contributed by atoms with Gasteiger partial charge in [-0.3, -0.25) is 14.7 Å². The Kier molecular flexibility index (Phi) is 5.74. The quantitative estimate of drug-likeness (QED) is 0.700. The maximum Gasteiger partial charge on any atom is 0.259 e. The molecule has 1 aromatic carbocycles. The van der Waals surface area contributed by atoms with Crippen LogP contribution in [0.5, 0.6) is 11.5 Å². The standard InChI is InChI=1S/C23H28N4O3/c1-15(27-9-7-24-8-10-27)22-20(29-3)11-16(12-21(22)30-4)19-14-26(2)23(28)18-13-25-6-5-17(18)19/h5-6,11-15,24H,7-10H2,1-4H3. The van der Waals surface area contributed by atoms with Crippen LogP contribution in [0, 0.1) is 0 Å². The summed E-state index contributed by atoms with van der Waals surface area (Å²) in [6, 6.07) is 6.11. The second-order valence-corrected chi connectivity index (χ2v) is 7.64. The lowest BCUT2D eigenvalue weighted by Crippen LogP contribution is -2.44. The molecule has 3 heterocycles. The van der Waals surface area contributed by atoms with Gasteiger partial charge in [0.1, 0.15) is 11.5 Å². The molecule has 4 rings (SSSR count). The first kappa shape index (κ1) is 20.4. The molecule has 0 spiro atoms. The fraction of sp³-hybridized carbons (Fsp3) is 0.391. The van der Waals surface area contributed by atoms with E-state index in [1.54, 1.807) is 38.2 Å². The molecule has 0 radical (unpaired) electrons. The summed E-state index contributed by atoms with van der Waals surface area (Å²) in [7, 11) is 5.14. The van der Waals surface area contributed by atoms with E-state index in [9.17, 15) is 4.79 Å². The second kappa shape index (κ2) is 8.45. The van der Waals surface area contributed by atoms with E-state index in [1.807, 2.05) is 24.4 Å². The number of nitrogens with one attached hydrogen (secondary N) is 1. The van der Waals surface area contributed by atoms with Crippen LogP contribution in [0.25, 0.3) is 21.9 Å². The van der Waals surface area contributed by atoms with Crippen LogP contribution in [0.15, 0.2) is 41.6 Å². The number of nitrogens with zero attached hydrogens (tertiary/aromatic N) is 3. The Morgan fingerprint density at radius 1 is 1.10 bits per heavy atom. The van der Waals surface area contributed by atoms with E-state index in [-0.39, 0.29) is 11.6 Å². The number of benzene rings is 1. The molecule has 1 saturated heterocycles.